The molecule has 4 rings (SSSR count). The fourth-order valence-corrected chi connectivity index (χ4v) is 4.42. The molecule has 2 heterocycles. The Morgan fingerprint density at radius 2 is 1.76 bits per heavy atom. The first-order valence-electron chi connectivity index (χ1n) is 12.3. The molecule has 0 aliphatic carbocycles. The average Bonchev–Trinajstić information content (AvgIpc) is 3.39. The van der Waals surface area contributed by atoms with E-state index in [2.05, 4.69) is 15.4 Å². The fourth-order valence-electron chi connectivity index (χ4n) is 4.42. The molecule has 0 spiro atoms. The molecule has 0 saturated carbocycles. The lowest BCUT2D eigenvalue weighted by Gasteiger charge is -2.24. The number of primary amides is 1. The van der Waals surface area contributed by atoms with Gasteiger partial charge in [-0.2, -0.15) is 18.3 Å². The zero-order chi connectivity index (χ0) is 29.9. The SMILES string of the molecule is CCC(C(=O)N[C@@H](Cc1cc(F)cc(F)c1)c1ncccc1-c1ccc(F)c(C(N)=O)c1)n1cc(C(F)(F)F)cn1. The van der Waals surface area contributed by atoms with E-state index in [-0.39, 0.29) is 24.1 Å². The van der Waals surface area contributed by atoms with Crippen LogP contribution in [0.5, 0.6) is 0 Å². The van der Waals surface area contributed by atoms with Gasteiger partial charge >= 0.3 is 6.18 Å². The molecule has 41 heavy (non-hydrogen) atoms. The van der Waals surface area contributed by atoms with Crippen LogP contribution in [0.25, 0.3) is 11.1 Å². The number of hydrogen-bond donors (Lipinski definition) is 2. The van der Waals surface area contributed by atoms with E-state index < -0.39 is 58.7 Å². The van der Waals surface area contributed by atoms with Gasteiger partial charge < -0.3 is 11.1 Å². The minimum atomic E-state index is -4.67. The van der Waals surface area contributed by atoms with E-state index in [1.165, 1.54) is 18.3 Å². The molecule has 3 N–H and O–H groups in total. The Hall–Kier alpha value is -4.68. The van der Waals surface area contributed by atoms with Crippen molar-refractivity contribution < 1.29 is 35.9 Å². The number of hydrogen-bond acceptors (Lipinski definition) is 4. The van der Waals surface area contributed by atoms with Gasteiger partial charge in [-0.1, -0.05) is 19.1 Å². The maximum absolute atomic E-state index is 14.2. The molecule has 2 atom stereocenters. The van der Waals surface area contributed by atoms with E-state index in [9.17, 15) is 35.9 Å². The summed E-state index contributed by atoms with van der Waals surface area (Å²) in [6.45, 7) is 1.58. The lowest BCUT2D eigenvalue weighted by atomic mass is 9.94. The van der Waals surface area contributed by atoms with Crippen LogP contribution in [0.15, 0.2) is 67.1 Å². The predicted molar refractivity (Wildman–Crippen MR) is 136 cm³/mol. The average molecular weight is 576 g/mol. The van der Waals surface area contributed by atoms with E-state index in [0.29, 0.717) is 29.6 Å². The maximum Gasteiger partial charge on any atom is 0.419 e. The van der Waals surface area contributed by atoms with E-state index in [4.69, 9.17) is 5.73 Å². The van der Waals surface area contributed by atoms with Crippen LogP contribution in [0.2, 0.25) is 0 Å². The molecule has 0 aliphatic rings. The molecule has 13 heteroatoms. The quantitative estimate of drug-likeness (QED) is 0.256. The minimum Gasteiger partial charge on any atom is -0.366 e. The summed E-state index contributed by atoms with van der Waals surface area (Å²) < 4.78 is 82.5. The summed E-state index contributed by atoms with van der Waals surface area (Å²) in [5.74, 6) is -4.33. The van der Waals surface area contributed by atoms with Crippen LogP contribution >= 0.6 is 0 Å². The highest BCUT2D eigenvalue weighted by atomic mass is 19.4. The zero-order valence-electron chi connectivity index (χ0n) is 21.4. The first-order valence-corrected chi connectivity index (χ1v) is 12.3. The third kappa shape index (κ3) is 6.73. The molecule has 0 saturated heterocycles. The molecule has 214 valence electrons. The Morgan fingerprint density at radius 3 is 2.37 bits per heavy atom. The highest BCUT2D eigenvalue weighted by Gasteiger charge is 2.34. The van der Waals surface area contributed by atoms with E-state index in [1.807, 2.05) is 0 Å². The van der Waals surface area contributed by atoms with Crippen molar-refractivity contribution in [3.63, 3.8) is 0 Å². The number of nitrogens with one attached hydrogen (secondary N) is 1. The number of nitrogens with zero attached hydrogens (tertiary/aromatic N) is 3. The number of carbonyl (C=O) groups is 2. The van der Waals surface area contributed by atoms with Crippen LogP contribution in [0.1, 0.15) is 52.6 Å². The summed E-state index contributed by atoms with van der Waals surface area (Å²) in [5, 5.41) is 6.43. The lowest BCUT2D eigenvalue weighted by Crippen LogP contribution is -2.37. The summed E-state index contributed by atoms with van der Waals surface area (Å²) in [6, 6.07) is 7.28. The first kappa shape index (κ1) is 29.3. The van der Waals surface area contributed by atoms with Crippen LogP contribution in [0.4, 0.5) is 26.3 Å². The van der Waals surface area contributed by atoms with Crippen LogP contribution < -0.4 is 11.1 Å². The zero-order valence-corrected chi connectivity index (χ0v) is 21.4. The van der Waals surface area contributed by atoms with Crippen molar-refractivity contribution >= 4 is 11.8 Å². The third-order valence-corrected chi connectivity index (χ3v) is 6.33. The molecule has 0 aliphatic heterocycles. The van der Waals surface area contributed by atoms with E-state index in [1.54, 1.807) is 19.1 Å². The van der Waals surface area contributed by atoms with Gasteiger partial charge in [0.15, 0.2) is 0 Å². The molecule has 1 unspecified atom stereocenters. The number of pyridine rings is 1. The lowest BCUT2D eigenvalue weighted by molar-refractivity contribution is -0.138. The third-order valence-electron chi connectivity index (χ3n) is 6.33. The monoisotopic (exact) mass is 575 g/mol. The molecule has 0 radical (unpaired) electrons. The summed E-state index contributed by atoms with van der Waals surface area (Å²) >= 11 is 0. The Morgan fingerprint density at radius 1 is 1.05 bits per heavy atom. The summed E-state index contributed by atoms with van der Waals surface area (Å²) in [6.07, 6.45) is -2.09. The summed E-state index contributed by atoms with van der Waals surface area (Å²) in [4.78, 5) is 29.5. The van der Waals surface area contributed by atoms with Crippen LogP contribution in [0.3, 0.4) is 0 Å². The van der Waals surface area contributed by atoms with Gasteiger partial charge in [0.25, 0.3) is 5.91 Å². The Balaban J connectivity index is 1.77. The van der Waals surface area contributed by atoms with Crippen LogP contribution in [-0.4, -0.2) is 26.6 Å². The number of benzene rings is 2. The van der Waals surface area contributed by atoms with Crippen LogP contribution in [-0.2, 0) is 17.4 Å². The van der Waals surface area contributed by atoms with Crippen molar-refractivity contribution in [1.29, 1.82) is 0 Å². The number of carbonyl (C=O) groups excluding carboxylic acids is 2. The molecular weight excluding hydrogens is 552 g/mol. The summed E-state index contributed by atoms with van der Waals surface area (Å²) in [5.41, 5.74) is 4.83. The smallest absolute Gasteiger partial charge is 0.366 e. The van der Waals surface area contributed by atoms with Gasteiger partial charge in [0.2, 0.25) is 5.91 Å². The predicted octanol–water partition coefficient (Wildman–Crippen LogP) is 5.53. The van der Waals surface area contributed by atoms with E-state index in [0.717, 1.165) is 22.9 Å². The molecule has 0 bridgehead atoms. The second-order valence-electron chi connectivity index (χ2n) is 9.17. The second-order valence-corrected chi connectivity index (χ2v) is 9.17. The van der Waals surface area contributed by atoms with Crippen molar-refractivity contribution in [1.82, 2.24) is 20.1 Å². The van der Waals surface area contributed by atoms with Crippen molar-refractivity contribution in [2.24, 2.45) is 5.73 Å². The maximum atomic E-state index is 14.2. The molecule has 7 nitrogen and oxygen atoms in total. The Bertz CT molecular complexity index is 1570. The van der Waals surface area contributed by atoms with Crippen LogP contribution in [0, 0.1) is 17.5 Å². The van der Waals surface area contributed by atoms with Gasteiger partial charge in [0.05, 0.1) is 29.1 Å². The van der Waals surface area contributed by atoms with Crippen molar-refractivity contribution in [2.45, 2.75) is 38.0 Å². The topological polar surface area (TPSA) is 103 Å². The highest BCUT2D eigenvalue weighted by molar-refractivity contribution is 5.94. The molecule has 0 fully saturated rings. The minimum absolute atomic E-state index is 0.0567. The number of rotatable bonds is 9. The van der Waals surface area contributed by atoms with Crippen molar-refractivity contribution in [3.05, 3.63) is 107 Å². The van der Waals surface area contributed by atoms with Gasteiger partial charge in [-0.3, -0.25) is 19.3 Å². The number of aromatic nitrogens is 3. The fraction of sp³-hybridized carbons (Fsp3) is 0.214. The molecule has 2 aromatic carbocycles. The molecular formula is C28H23F6N5O2. The Labute approximate surface area is 230 Å². The van der Waals surface area contributed by atoms with Gasteiger partial charge in [-0.25, -0.2) is 13.2 Å². The summed E-state index contributed by atoms with van der Waals surface area (Å²) in [7, 11) is 0. The number of nitrogens with two attached hydrogens (primary N) is 1. The highest BCUT2D eigenvalue weighted by Crippen LogP contribution is 2.32. The number of alkyl halides is 3. The standard InChI is InChI=1S/C28H23F6N5O2/c1-2-24(39-14-17(13-37-39)28(32,33)34)27(41)38-23(10-15-8-18(29)12-19(30)9-15)25-20(4-3-7-36-25)16-5-6-22(31)21(11-16)26(35)40/h3-9,11-14,23-24H,2,10H2,1H3,(H2,35,40)(H,38,41)/t23-,24?/m0/s1. The number of halogens is 6. The normalized spacial score (nSPS) is 13.0. The molecule has 4 aromatic rings. The number of amides is 2. The van der Waals surface area contributed by atoms with Crippen molar-refractivity contribution in [3.8, 4) is 11.1 Å². The van der Waals surface area contributed by atoms with Crippen molar-refractivity contribution in [2.75, 3.05) is 0 Å². The van der Waals surface area contributed by atoms with Gasteiger partial charge in [-0.15, -0.1) is 0 Å². The van der Waals surface area contributed by atoms with Gasteiger partial charge in [0.1, 0.15) is 23.5 Å². The van der Waals surface area contributed by atoms with Gasteiger partial charge in [-0.05, 0) is 54.3 Å². The molecule has 2 amide bonds. The Kier molecular flexibility index (Phi) is 8.45. The first-order chi connectivity index (χ1) is 19.4. The van der Waals surface area contributed by atoms with E-state index >= 15 is 0 Å². The molecule has 2 aromatic heterocycles. The van der Waals surface area contributed by atoms with Gasteiger partial charge in [0, 0.05) is 24.0 Å². The second kappa shape index (κ2) is 11.8. The largest absolute Gasteiger partial charge is 0.419 e.